The van der Waals surface area contributed by atoms with Crippen molar-refractivity contribution in [1.82, 2.24) is 9.97 Å². The van der Waals surface area contributed by atoms with Crippen LogP contribution in [0.1, 0.15) is 59.8 Å². The predicted octanol–water partition coefficient (Wildman–Crippen LogP) is 3.34. The number of fused-ring (bicyclic) bond motifs is 1. The van der Waals surface area contributed by atoms with E-state index in [4.69, 9.17) is 4.42 Å². The Hall–Kier alpha value is -2.17. The number of nitrogens with zero attached hydrogens (tertiary/aromatic N) is 2. The fourth-order valence-corrected chi connectivity index (χ4v) is 3.49. The number of rotatable bonds is 3. The minimum Gasteiger partial charge on any atom is -0.469 e. The zero-order valence-electron chi connectivity index (χ0n) is 12.4. The van der Waals surface area contributed by atoms with Crippen LogP contribution in [0.5, 0.6) is 0 Å². The Bertz CT molecular complexity index is 675. The quantitative estimate of drug-likeness (QED) is 0.941. The third-order valence-electron chi connectivity index (χ3n) is 4.67. The summed E-state index contributed by atoms with van der Waals surface area (Å²) >= 11 is 0. The molecular formula is C17H19N3O2. The van der Waals surface area contributed by atoms with Crippen LogP contribution in [-0.4, -0.2) is 21.8 Å². The lowest BCUT2D eigenvalue weighted by Gasteiger charge is -2.22. The first kappa shape index (κ1) is 13.5. The predicted molar refractivity (Wildman–Crippen MR) is 82.0 cm³/mol. The zero-order valence-corrected chi connectivity index (χ0v) is 12.4. The molecule has 22 heavy (non-hydrogen) atoms. The number of carbonyl (C=O) groups excluding carboxylic acids is 1. The number of hydrogen-bond acceptors (Lipinski definition) is 5. The summed E-state index contributed by atoms with van der Waals surface area (Å²) < 4.78 is 5.46. The molecule has 1 atom stereocenters. The Kier molecular flexibility index (Phi) is 3.41. The first-order chi connectivity index (χ1) is 10.8. The smallest absolute Gasteiger partial charge is 0.223 e. The van der Waals surface area contributed by atoms with Crippen LogP contribution in [0, 0.1) is 0 Å². The molecule has 1 fully saturated rings. The second kappa shape index (κ2) is 5.55. The number of nitrogens with one attached hydrogen (secondary N) is 1. The molecule has 5 heteroatoms. The minimum absolute atomic E-state index is 0.0873. The van der Waals surface area contributed by atoms with Gasteiger partial charge in [0.1, 0.15) is 5.76 Å². The monoisotopic (exact) mass is 297 g/mol. The summed E-state index contributed by atoms with van der Waals surface area (Å²) in [4.78, 5) is 21.2. The van der Waals surface area contributed by atoms with Gasteiger partial charge in [-0.25, -0.2) is 9.97 Å². The second-order valence-electron chi connectivity index (χ2n) is 6.22. The Morgan fingerprint density at radius 2 is 2.09 bits per heavy atom. The molecule has 2 aromatic rings. The number of anilines is 1. The maximum absolute atomic E-state index is 12.3. The van der Waals surface area contributed by atoms with Gasteiger partial charge in [0.15, 0.2) is 5.78 Å². The molecule has 1 saturated carbocycles. The summed E-state index contributed by atoms with van der Waals surface area (Å²) in [6.07, 6.45) is 9.42. The molecule has 2 aliphatic carbocycles. The zero-order chi connectivity index (χ0) is 14.9. The SMILES string of the molecule is O=C1CC(c2ccco2)Cc2nc(NC3CCCC3)ncc21. The van der Waals surface area contributed by atoms with Crippen LogP contribution in [0.2, 0.25) is 0 Å². The molecule has 2 aromatic heterocycles. The Morgan fingerprint density at radius 3 is 2.86 bits per heavy atom. The van der Waals surface area contributed by atoms with E-state index in [2.05, 4.69) is 15.3 Å². The Morgan fingerprint density at radius 1 is 1.23 bits per heavy atom. The number of ketones is 1. The van der Waals surface area contributed by atoms with E-state index in [-0.39, 0.29) is 11.7 Å². The van der Waals surface area contributed by atoms with Crippen LogP contribution in [0.4, 0.5) is 5.95 Å². The van der Waals surface area contributed by atoms with Crippen molar-refractivity contribution in [2.75, 3.05) is 5.32 Å². The van der Waals surface area contributed by atoms with Crippen molar-refractivity contribution in [3.8, 4) is 0 Å². The van der Waals surface area contributed by atoms with Gasteiger partial charge in [-0.15, -0.1) is 0 Å². The third kappa shape index (κ3) is 2.51. The molecule has 114 valence electrons. The number of furan rings is 1. The van der Waals surface area contributed by atoms with Crippen molar-refractivity contribution < 1.29 is 9.21 Å². The molecular weight excluding hydrogens is 278 g/mol. The van der Waals surface area contributed by atoms with Gasteiger partial charge in [-0.05, 0) is 25.0 Å². The molecule has 0 saturated heterocycles. The van der Waals surface area contributed by atoms with E-state index in [1.807, 2.05) is 12.1 Å². The average molecular weight is 297 g/mol. The Balaban J connectivity index is 1.58. The van der Waals surface area contributed by atoms with Crippen molar-refractivity contribution in [3.05, 3.63) is 41.6 Å². The topological polar surface area (TPSA) is 68.0 Å². The largest absolute Gasteiger partial charge is 0.469 e. The van der Waals surface area contributed by atoms with Gasteiger partial charge in [-0.2, -0.15) is 0 Å². The van der Waals surface area contributed by atoms with E-state index in [9.17, 15) is 4.79 Å². The van der Waals surface area contributed by atoms with Gasteiger partial charge in [0.25, 0.3) is 0 Å². The van der Waals surface area contributed by atoms with Crippen molar-refractivity contribution in [2.45, 2.75) is 50.5 Å². The van der Waals surface area contributed by atoms with Crippen LogP contribution >= 0.6 is 0 Å². The molecule has 2 heterocycles. The van der Waals surface area contributed by atoms with Crippen molar-refractivity contribution in [3.63, 3.8) is 0 Å². The third-order valence-corrected chi connectivity index (χ3v) is 4.67. The highest BCUT2D eigenvalue weighted by molar-refractivity contribution is 5.98. The molecule has 0 amide bonds. The van der Waals surface area contributed by atoms with Gasteiger partial charge in [-0.3, -0.25) is 4.79 Å². The first-order valence-electron chi connectivity index (χ1n) is 7.98. The molecule has 0 aliphatic heterocycles. The molecule has 0 bridgehead atoms. The summed E-state index contributed by atoms with van der Waals surface area (Å²) in [6, 6.07) is 4.27. The molecule has 5 nitrogen and oxygen atoms in total. The normalized spacial score (nSPS) is 21.8. The molecule has 1 N–H and O–H groups in total. The standard InChI is InChI=1S/C17H19N3O2/c21-15-9-11(16-6-3-7-22-16)8-14-13(15)10-18-17(20-14)19-12-4-1-2-5-12/h3,6-7,10-12H,1-2,4-5,8-9H2,(H,18,19,20). The maximum Gasteiger partial charge on any atom is 0.223 e. The fraction of sp³-hybridized carbons (Fsp3) is 0.471. The van der Waals surface area contributed by atoms with E-state index < -0.39 is 0 Å². The number of hydrogen-bond donors (Lipinski definition) is 1. The summed E-state index contributed by atoms with van der Waals surface area (Å²) in [5.74, 6) is 1.71. The second-order valence-corrected chi connectivity index (χ2v) is 6.22. The van der Waals surface area contributed by atoms with E-state index in [1.165, 1.54) is 25.7 Å². The van der Waals surface area contributed by atoms with Crippen LogP contribution in [-0.2, 0) is 6.42 Å². The average Bonchev–Trinajstić information content (AvgIpc) is 3.20. The lowest BCUT2D eigenvalue weighted by molar-refractivity contribution is 0.0958. The number of aromatic nitrogens is 2. The summed E-state index contributed by atoms with van der Waals surface area (Å²) in [6.45, 7) is 0. The summed E-state index contributed by atoms with van der Waals surface area (Å²) in [7, 11) is 0. The highest BCUT2D eigenvalue weighted by Gasteiger charge is 2.29. The van der Waals surface area contributed by atoms with E-state index in [0.717, 1.165) is 17.9 Å². The number of Topliss-reactive ketones (excluding diaryl/α,β-unsaturated/α-hetero) is 1. The van der Waals surface area contributed by atoms with E-state index in [1.54, 1.807) is 12.5 Å². The van der Waals surface area contributed by atoms with Crippen LogP contribution in [0.15, 0.2) is 29.0 Å². The van der Waals surface area contributed by atoms with Gasteiger partial charge < -0.3 is 9.73 Å². The highest BCUT2D eigenvalue weighted by Crippen LogP contribution is 2.32. The molecule has 1 unspecified atom stereocenters. The molecule has 2 aliphatic rings. The maximum atomic E-state index is 12.3. The lowest BCUT2D eigenvalue weighted by atomic mass is 9.85. The Labute approximate surface area is 129 Å². The van der Waals surface area contributed by atoms with Gasteiger partial charge in [-0.1, -0.05) is 12.8 Å². The van der Waals surface area contributed by atoms with E-state index in [0.29, 0.717) is 24.0 Å². The fourth-order valence-electron chi connectivity index (χ4n) is 3.49. The van der Waals surface area contributed by atoms with Gasteiger partial charge >= 0.3 is 0 Å². The molecule has 0 aromatic carbocycles. The van der Waals surface area contributed by atoms with Crippen molar-refractivity contribution in [1.29, 1.82) is 0 Å². The molecule has 0 spiro atoms. The van der Waals surface area contributed by atoms with Crippen molar-refractivity contribution in [2.24, 2.45) is 0 Å². The lowest BCUT2D eigenvalue weighted by Crippen LogP contribution is -2.23. The first-order valence-corrected chi connectivity index (χ1v) is 7.98. The van der Waals surface area contributed by atoms with Crippen LogP contribution in [0.25, 0.3) is 0 Å². The van der Waals surface area contributed by atoms with Gasteiger partial charge in [0.2, 0.25) is 5.95 Å². The molecule has 4 rings (SSSR count). The summed E-state index contributed by atoms with van der Waals surface area (Å²) in [5.41, 5.74) is 1.51. The number of carbonyl (C=O) groups is 1. The van der Waals surface area contributed by atoms with Crippen LogP contribution < -0.4 is 5.32 Å². The van der Waals surface area contributed by atoms with Gasteiger partial charge in [0, 0.05) is 31.0 Å². The highest BCUT2D eigenvalue weighted by atomic mass is 16.3. The summed E-state index contributed by atoms with van der Waals surface area (Å²) in [5, 5.41) is 3.40. The van der Waals surface area contributed by atoms with Crippen LogP contribution in [0.3, 0.4) is 0 Å². The van der Waals surface area contributed by atoms with Gasteiger partial charge in [0.05, 0.1) is 17.5 Å². The minimum atomic E-state index is 0.0873. The van der Waals surface area contributed by atoms with Crippen molar-refractivity contribution >= 4 is 11.7 Å². The molecule has 0 radical (unpaired) electrons. The van der Waals surface area contributed by atoms with E-state index >= 15 is 0 Å².